The molecule has 1 aliphatic rings. The number of likely N-dealkylation sites (tertiary alicyclic amines) is 1. The third-order valence-corrected chi connectivity index (χ3v) is 4.82. The lowest BCUT2D eigenvalue weighted by Gasteiger charge is -2.40. The van der Waals surface area contributed by atoms with E-state index >= 15 is 0 Å². The minimum absolute atomic E-state index is 0.0341. The van der Waals surface area contributed by atoms with Gasteiger partial charge in [-0.3, -0.25) is 9.69 Å². The van der Waals surface area contributed by atoms with Gasteiger partial charge in [0.25, 0.3) is 5.91 Å². The highest BCUT2D eigenvalue weighted by atomic mass is 35.5. The molecule has 1 aliphatic heterocycles. The largest absolute Gasteiger partial charge is 0.390 e. The summed E-state index contributed by atoms with van der Waals surface area (Å²) in [6, 6.07) is 5.69. The van der Waals surface area contributed by atoms with E-state index in [9.17, 15) is 9.90 Å². The van der Waals surface area contributed by atoms with Crippen LogP contribution in [0.5, 0.6) is 0 Å². The van der Waals surface area contributed by atoms with Crippen molar-refractivity contribution in [3.63, 3.8) is 0 Å². The van der Waals surface area contributed by atoms with Gasteiger partial charge in [0.15, 0.2) is 0 Å². The molecule has 1 fully saturated rings. The van der Waals surface area contributed by atoms with Gasteiger partial charge in [-0.2, -0.15) is 0 Å². The Labute approximate surface area is 137 Å². The van der Waals surface area contributed by atoms with Gasteiger partial charge in [0.1, 0.15) is 0 Å². The number of hydrogen-bond acceptors (Lipinski definition) is 3. The molecule has 122 valence electrons. The lowest BCUT2D eigenvalue weighted by Crippen LogP contribution is -2.55. The standard InChI is InChI=1S/C17H25ClN2O2/c1-4-6-13(9-20-10-14(21)11-20)19(3)17(22)15-8-5-7-12(2)16(15)18/h5,7-8,13-14,21H,4,6,9-11H2,1-3H3. The van der Waals surface area contributed by atoms with Crippen LogP contribution in [0.15, 0.2) is 18.2 Å². The third-order valence-electron chi connectivity index (χ3n) is 4.32. The van der Waals surface area contributed by atoms with Crippen LogP contribution in [0, 0.1) is 6.92 Å². The molecule has 0 spiro atoms. The van der Waals surface area contributed by atoms with Crippen molar-refractivity contribution in [2.24, 2.45) is 0 Å². The molecule has 1 N–H and O–H groups in total. The molecule has 4 nitrogen and oxygen atoms in total. The summed E-state index contributed by atoms with van der Waals surface area (Å²) in [5, 5.41) is 9.95. The Morgan fingerprint density at radius 1 is 1.50 bits per heavy atom. The van der Waals surface area contributed by atoms with Gasteiger partial charge in [-0.1, -0.05) is 37.1 Å². The highest BCUT2D eigenvalue weighted by Crippen LogP contribution is 2.23. The summed E-state index contributed by atoms with van der Waals surface area (Å²) < 4.78 is 0. The Morgan fingerprint density at radius 2 is 2.18 bits per heavy atom. The fourth-order valence-corrected chi connectivity index (χ4v) is 3.11. The number of halogens is 1. The van der Waals surface area contributed by atoms with Crippen LogP contribution < -0.4 is 0 Å². The molecule has 0 aromatic heterocycles. The maximum absolute atomic E-state index is 12.8. The normalized spacial score (nSPS) is 17.1. The third kappa shape index (κ3) is 3.80. The first-order valence-corrected chi connectivity index (χ1v) is 8.24. The van der Waals surface area contributed by atoms with Gasteiger partial charge in [0, 0.05) is 32.7 Å². The quantitative estimate of drug-likeness (QED) is 0.874. The van der Waals surface area contributed by atoms with E-state index in [0.717, 1.165) is 24.9 Å². The SMILES string of the molecule is CCCC(CN1CC(O)C1)N(C)C(=O)c1cccc(C)c1Cl. The van der Waals surface area contributed by atoms with E-state index in [2.05, 4.69) is 11.8 Å². The zero-order valence-corrected chi connectivity index (χ0v) is 14.3. The molecule has 1 heterocycles. The van der Waals surface area contributed by atoms with Crippen molar-refractivity contribution < 1.29 is 9.90 Å². The molecule has 1 unspecified atom stereocenters. The predicted octanol–water partition coefficient (Wildman–Crippen LogP) is 2.57. The van der Waals surface area contributed by atoms with Gasteiger partial charge in [0.2, 0.25) is 0 Å². The first kappa shape index (κ1) is 17.3. The first-order chi connectivity index (χ1) is 10.4. The van der Waals surface area contributed by atoms with Crippen molar-refractivity contribution >= 4 is 17.5 Å². The minimum atomic E-state index is -0.213. The van der Waals surface area contributed by atoms with Crippen molar-refractivity contribution in [3.8, 4) is 0 Å². The van der Waals surface area contributed by atoms with E-state index in [1.54, 1.807) is 11.0 Å². The molecule has 0 radical (unpaired) electrons. The summed E-state index contributed by atoms with van der Waals surface area (Å²) in [5.41, 5.74) is 1.48. The van der Waals surface area contributed by atoms with Gasteiger partial charge < -0.3 is 10.0 Å². The van der Waals surface area contributed by atoms with Gasteiger partial charge in [-0.05, 0) is 25.0 Å². The van der Waals surface area contributed by atoms with Crippen LogP contribution in [-0.2, 0) is 0 Å². The Hall–Kier alpha value is -1.10. The number of hydrogen-bond donors (Lipinski definition) is 1. The van der Waals surface area contributed by atoms with Crippen LogP contribution in [0.1, 0.15) is 35.7 Å². The average molecular weight is 325 g/mol. The summed E-state index contributed by atoms with van der Waals surface area (Å²) in [6.07, 6.45) is 1.74. The van der Waals surface area contributed by atoms with Crippen molar-refractivity contribution in [2.45, 2.75) is 38.8 Å². The molecule has 1 saturated heterocycles. The number of aliphatic hydroxyl groups is 1. The number of β-amino-alcohol motifs (C(OH)–C–C–N with tert-alkyl or cyclic N) is 1. The van der Waals surface area contributed by atoms with Gasteiger partial charge in [-0.25, -0.2) is 0 Å². The van der Waals surface area contributed by atoms with E-state index in [4.69, 9.17) is 11.6 Å². The van der Waals surface area contributed by atoms with Crippen molar-refractivity contribution in [2.75, 3.05) is 26.7 Å². The number of aryl methyl sites for hydroxylation is 1. The fraction of sp³-hybridized carbons (Fsp3) is 0.588. The lowest BCUT2D eigenvalue weighted by atomic mass is 10.0. The second-order valence-corrected chi connectivity index (χ2v) is 6.55. The maximum atomic E-state index is 12.8. The second kappa shape index (κ2) is 7.44. The summed E-state index contributed by atoms with van der Waals surface area (Å²) in [5.74, 6) is -0.0341. The Kier molecular flexibility index (Phi) is 5.84. The van der Waals surface area contributed by atoms with Crippen molar-refractivity contribution in [1.29, 1.82) is 0 Å². The zero-order valence-electron chi connectivity index (χ0n) is 13.6. The number of aliphatic hydroxyl groups excluding tert-OH is 1. The van der Waals surface area contributed by atoms with Crippen molar-refractivity contribution in [3.05, 3.63) is 34.3 Å². The second-order valence-electron chi connectivity index (χ2n) is 6.17. The molecule has 0 saturated carbocycles. The molecule has 1 amide bonds. The molecule has 22 heavy (non-hydrogen) atoms. The van der Waals surface area contributed by atoms with E-state index in [0.29, 0.717) is 23.7 Å². The first-order valence-electron chi connectivity index (χ1n) is 7.86. The minimum Gasteiger partial charge on any atom is -0.390 e. The number of carbonyl (C=O) groups is 1. The molecular weight excluding hydrogens is 300 g/mol. The molecule has 0 bridgehead atoms. The van der Waals surface area contributed by atoms with Crippen LogP contribution >= 0.6 is 11.6 Å². The molecule has 1 atom stereocenters. The Morgan fingerprint density at radius 3 is 2.77 bits per heavy atom. The Balaban J connectivity index is 2.09. The van der Waals surface area contributed by atoms with E-state index in [1.165, 1.54) is 0 Å². The topological polar surface area (TPSA) is 43.8 Å². The molecule has 1 aromatic rings. The maximum Gasteiger partial charge on any atom is 0.255 e. The van der Waals surface area contributed by atoms with Gasteiger partial charge in [-0.15, -0.1) is 0 Å². The highest BCUT2D eigenvalue weighted by Gasteiger charge is 2.30. The summed E-state index contributed by atoms with van der Waals surface area (Å²) in [4.78, 5) is 16.7. The zero-order chi connectivity index (χ0) is 16.3. The van der Waals surface area contributed by atoms with Gasteiger partial charge >= 0.3 is 0 Å². The predicted molar refractivity (Wildman–Crippen MR) is 89.4 cm³/mol. The van der Waals surface area contributed by atoms with Gasteiger partial charge in [0.05, 0.1) is 16.7 Å². The Bertz CT molecular complexity index is 529. The van der Waals surface area contributed by atoms with Crippen LogP contribution in [-0.4, -0.2) is 59.6 Å². The number of benzene rings is 1. The summed E-state index contributed by atoms with van der Waals surface area (Å²) in [6.45, 7) is 6.23. The number of nitrogens with zero attached hydrogens (tertiary/aromatic N) is 2. The van der Waals surface area contributed by atoms with Crippen molar-refractivity contribution in [1.82, 2.24) is 9.80 Å². The molecule has 0 aliphatic carbocycles. The number of likely N-dealkylation sites (N-methyl/N-ethyl adjacent to an activating group) is 1. The number of amides is 1. The highest BCUT2D eigenvalue weighted by molar-refractivity contribution is 6.34. The molecular formula is C17H25ClN2O2. The molecule has 2 rings (SSSR count). The fourth-order valence-electron chi connectivity index (χ4n) is 2.90. The van der Waals surface area contributed by atoms with Crippen LogP contribution in [0.25, 0.3) is 0 Å². The summed E-state index contributed by atoms with van der Waals surface area (Å²) in [7, 11) is 1.84. The van der Waals surface area contributed by atoms with E-state index < -0.39 is 0 Å². The lowest BCUT2D eigenvalue weighted by molar-refractivity contribution is -0.0113. The van der Waals surface area contributed by atoms with Crippen LogP contribution in [0.2, 0.25) is 5.02 Å². The van der Waals surface area contributed by atoms with Crippen LogP contribution in [0.3, 0.4) is 0 Å². The van der Waals surface area contributed by atoms with E-state index in [1.807, 2.05) is 26.1 Å². The number of rotatable bonds is 6. The monoisotopic (exact) mass is 324 g/mol. The molecule has 1 aromatic carbocycles. The molecule has 5 heteroatoms. The van der Waals surface area contributed by atoms with E-state index in [-0.39, 0.29) is 18.1 Å². The average Bonchev–Trinajstić information content (AvgIpc) is 2.46. The smallest absolute Gasteiger partial charge is 0.255 e. The number of carbonyl (C=O) groups excluding carboxylic acids is 1. The van der Waals surface area contributed by atoms with Crippen LogP contribution in [0.4, 0.5) is 0 Å². The summed E-state index contributed by atoms with van der Waals surface area (Å²) >= 11 is 6.29.